The molecule has 31 heavy (non-hydrogen) atoms. The molecular weight excluding hydrogens is 416 g/mol. The summed E-state index contributed by atoms with van der Waals surface area (Å²) >= 11 is 0. The number of amides is 2. The Balaban J connectivity index is 1.72. The van der Waals surface area contributed by atoms with Crippen LogP contribution in [0.3, 0.4) is 0 Å². The predicted octanol–water partition coefficient (Wildman–Crippen LogP) is 2.09. The minimum absolute atomic E-state index is 0.0138. The molecule has 3 aliphatic heterocycles. The van der Waals surface area contributed by atoms with Crippen LogP contribution >= 0.6 is 0 Å². The van der Waals surface area contributed by atoms with Crippen LogP contribution in [0.2, 0.25) is 0 Å². The Bertz CT molecular complexity index is 958. The number of rotatable bonds is 6. The molecule has 4 rings (SSSR count). The van der Waals surface area contributed by atoms with Crippen molar-refractivity contribution in [2.24, 2.45) is 0 Å². The van der Waals surface area contributed by atoms with E-state index in [-0.39, 0.29) is 35.3 Å². The van der Waals surface area contributed by atoms with E-state index >= 15 is 0 Å². The largest absolute Gasteiger partial charge is 0.358 e. The van der Waals surface area contributed by atoms with Gasteiger partial charge in [0.05, 0.1) is 16.3 Å². The summed E-state index contributed by atoms with van der Waals surface area (Å²) in [6.07, 6.45) is 5.22. The van der Waals surface area contributed by atoms with Crippen LogP contribution in [0.1, 0.15) is 52.4 Å². The highest BCUT2D eigenvalue weighted by Gasteiger charge is 2.41. The number of hydrogen-bond acceptors (Lipinski definition) is 5. The summed E-state index contributed by atoms with van der Waals surface area (Å²) in [6, 6.07) is 4.76. The molecule has 1 N–H and O–H groups in total. The van der Waals surface area contributed by atoms with Gasteiger partial charge in [-0.1, -0.05) is 6.92 Å². The lowest BCUT2D eigenvalue weighted by molar-refractivity contribution is -0.125. The normalized spacial score (nSPS) is 22.8. The summed E-state index contributed by atoms with van der Waals surface area (Å²) in [4.78, 5) is 29.8. The fourth-order valence-electron chi connectivity index (χ4n) is 4.70. The number of benzene rings is 1. The second kappa shape index (κ2) is 8.78. The maximum absolute atomic E-state index is 13.4. The number of sulfonamides is 1. The number of nitrogens with zero attached hydrogens (tertiary/aromatic N) is 3. The Morgan fingerprint density at radius 2 is 1.84 bits per heavy atom. The molecule has 1 aromatic rings. The summed E-state index contributed by atoms with van der Waals surface area (Å²) in [6.45, 7) is 5.61. The third kappa shape index (κ3) is 4.17. The van der Waals surface area contributed by atoms with Gasteiger partial charge in [0.2, 0.25) is 21.8 Å². The standard InChI is InChI=1S/C22H32N4O4S/c1-3-16(2)23-21(27)15-26-20-14-17(31(29,30)24-11-6-7-12-24)9-10-18(20)25-13-5-4-8-19(25)22(26)28/h9-10,14,16,19H,3-8,11-13,15H2,1-2H3,(H,23,27)/t16-,19+/m1/s1. The molecule has 0 aliphatic carbocycles. The first-order valence-corrected chi connectivity index (χ1v) is 12.8. The minimum atomic E-state index is -3.62. The molecule has 0 radical (unpaired) electrons. The number of hydrogen-bond donors (Lipinski definition) is 1. The third-order valence-electron chi connectivity index (χ3n) is 6.63. The van der Waals surface area contributed by atoms with Crippen molar-refractivity contribution in [3.8, 4) is 0 Å². The maximum Gasteiger partial charge on any atom is 0.250 e. The number of fused-ring (bicyclic) bond motifs is 3. The van der Waals surface area contributed by atoms with E-state index in [9.17, 15) is 18.0 Å². The lowest BCUT2D eigenvalue weighted by atomic mass is 9.96. The first-order valence-electron chi connectivity index (χ1n) is 11.3. The quantitative estimate of drug-likeness (QED) is 0.720. The summed E-state index contributed by atoms with van der Waals surface area (Å²) in [5.41, 5.74) is 1.35. The van der Waals surface area contributed by atoms with Gasteiger partial charge in [0.1, 0.15) is 12.6 Å². The Morgan fingerprint density at radius 3 is 2.55 bits per heavy atom. The van der Waals surface area contributed by atoms with E-state index in [1.54, 1.807) is 12.1 Å². The van der Waals surface area contributed by atoms with Crippen LogP contribution in [-0.2, 0) is 19.6 Å². The van der Waals surface area contributed by atoms with Crippen LogP contribution in [-0.4, -0.2) is 62.8 Å². The smallest absolute Gasteiger partial charge is 0.250 e. The molecule has 3 heterocycles. The number of carbonyl (C=O) groups is 2. The van der Waals surface area contributed by atoms with Crippen molar-refractivity contribution in [3.63, 3.8) is 0 Å². The van der Waals surface area contributed by atoms with Gasteiger partial charge in [0.15, 0.2) is 0 Å². The van der Waals surface area contributed by atoms with Gasteiger partial charge in [0, 0.05) is 25.7 Å². The zero-order chi connectivity index (χ0) is 22.2. The molecule has 2 amide bonds. The minimum Gasteiger partial charge on any atom is -0.358 e. The number of nitrogens with one attached hydrogen (secondary N) is 1. The number of anilines is 2. The predicted molar refractivity (Wildman–Crippen MR) is 120 cm³/mol. The molecule has 1 aromatic carbocycles. The summed E-state index contributed by atoms with van der Waals surface area (Å²) in [5.74, 6) is -0.354. The van der Waals surface area contributed by atoms with Crippen LogP contribution in [0, 0.1) is 0 Å². The highest BCUT2D eigenvalue weighted by molar-refractivity contribution is 7.89. The Kier molecular flexibility index (Phi) is 6.25. The molecule has 0 unspecified atom stereocenters. The molecule has 2 fully saturated rings. The van der Waals surface area contributed by atoms with E-state index < -0.39 is 10.0 Å². The molecule has 170 valence electrons. The van der Waals surface area contributed by atoms with Crippen LogP contribution in [0.25, 0.3) is 0 Å². The fraction of sp³-hybridized carbons (Fsp3) is 0.636. The van der Waals surface area contributed by atoms with E-state index in [1.807, 2.05) is 19.9 Å². The topological polar surface area (TPSA) is 90.0 Å². The average Bonchev–Trinajstić information content (AvgIpc) is 3.32. The number of piperidine rings is 1. The van der Waals surface area contributed by atoms with E-state index in [1.165, 1.54) is 9.21 Å². The monoisotopic (exact) mass is 448 g/mol. The van der Waals surface area contributed by atoms with Gasteiger partial charge in [-0.15, -0.1) is 0 Å². The molecule has 3 aliphatic rings. The zero-order valence-corrected chi connectivity index (χ0v) is 19.2. The molecule has 0 aromatic heterocycles. The van der Waals surface area contributed by atoms with Crippen LogP contribution in [0.5, 0.6) is 0 Å². The Hall–Kier alpha value is -2.13. The zero-order valence-electron chi connectivity index (χ0n) is 18.3. The van der Waals surface area contributed by atoms with Crippen LogP contribution in [0.15, 0.2) is 23.1 Å². The van der Waals surface area contributed by atoms with Gasteiger partial charge in [-0.05, 0) is 63.6 Å². The van der Waals surface area contributed by atoms with Crippen molar-refractivity contribution in [2.75, 3.05) is 36.0 Å². The van der Waals surface area contributed by atoms with Crippen LogP contribution in [0.4, 0.5) is 11.4 Å². The van der Waals surface area contributed by atoms with Crippen molar-refractivity contribution in [3.05, 3.63) is 18.2 Å². The van der Waals surface area contributed by atoms with Crippen molar-refractivity contribution < 1.29 is 18.0 Å². The molecular formula is C22H32N4O4S. The second-order valence-corrected chi connectivity index (χ2v) is 10.7. The van der Waals surface area contributed by atoms with Crippen molar-refractivity contribution >= 4 is 33.2 Å². The SMILES string of the molecule is CC[C@@H](C)NC(=O)CN1C(=O)[C@@H]2CCCCN2c2ccc(S(=O)(=O)N3CCCC3)cc21. The van der Waals surface area contributed by atoms with E-state index in [2.05, 4.69) is 10.2 Å². The number of carbonyl (C=O) groups excluding carboxylic acids is 2. The highest BCUT2D eigenvalue weighted by Crippen LogP contribution is 2.41. The third-order valence-corrected chi connectivity index (χ3v) is 8.52. The van der Waals surface area contributed by atoms with Crippen molar-refractivity contribution in [1.82, 2.24) is 9.62 Å². The first kappa shape index (κ1) is 22.1. The molecule has 9 heteroatoms. The fourth-order valence-corrected chi connectivity index (χ4v) is 6.24. The molecule has 2 saturated heterocycles. The van der Waals surface area contributed by atoms with E-state index in [0.717, 1.165) is 50.8 Å². The lowest BCUT2D eigenvalue weighted by Gasteiger charge is -2.45. The van der Waals surface area contributed by atoms with Gasteiger partial charge in [-0.25, -0.2) is 8.42 Å². The summed E-state index contributed by atoms with van der Waals surface area (Å²) in [7, 11) is -3.62. The maximum atomic E-state index is 13.4. The molecule has 0 saturated carbocycles. The van der Waals surface area contributed by atoms with Gasteiger partial charge < -0.3 is 10.2 Å². The van der Waals surface area contributed by atoms with Gasteiger partial charge in [-0.3, -0.25) is 14.5 Å². The lowest BCUT2D eigenvalue weighted by Crippen LogP contribution is -2.57. The van der Waals surface area contributed by atoms with Gasteiger partial charge in [0.25, 0.3) is 0 Å². The summed E-state index contributed by atoms with van der Waals surface area (Å²) < 4.78 is 27.8. The highest BCUT2D eigenvalue weighted by atomic mass is 32.2. The second-order valence-electron chi connectivity index (χ2n) is 8.77. The van der Waals surface area contributed by atoms with Crippen molar-refractivity contribution in [2.45, 2.75) is 69.4 Å². The average molecular weight is 449 g/mol. The Labute approximate surface area is 184 Å². The van der Waals surface area contributed by atoms with Crippen molar-refractivity contribution in [1.29, 1.82) is 0 Å². The van der Waals surface area contributed by atoms with E-state index in [0.29, 0.717) is 18.8 Å². The molecule has 8 nitrogen and oxygen atoms in total. The van der Waals surface area contributed by atoms with Gasteiger partial charge in [-0.2, -0.15) is 4.31 Å². The first-order chi connectivity index (χ1) is 14.8. The Morgan fingerprint density at radius 1 is 1.13 bits per heavy atom. The van der Waals surface area contributed by atoms with Crippen LogP contribution < -0.4 is 15.1 Å². The van der Waals surface area contributed by atoms with Gasteiger partial charge >= 0.3 is 0 Å². The molecule has 2 atom stereocenters. The molecule has 0 bridgehead atoms. The summed E-state index contributed by atoms with van der Waals surface area (Å²) in [5, 5.41) is 2.92. The molecule has 0 spiro atoms. The van der Waals surface area contributed by atoms with E-state index in [4.69, 9.17) is 0 Å².